The molecule has 0 radical (unpaired) electrons. The maximum atomic E-state index is 6.45. The van der Waals surface area contributed by atoms with E-state index in [9.17, 15) is 0 Å². The maximum absolute atomic E-state index is 6.45. The maximum Gasteiger partial charge on any atom is 0.137 e. The molecule has 3 heterocycles. The van der Waals surface area contributed by atoms with Crippen molar-refractivity contribution in [1.29, 1.82) is 0 Å². The van der Waals surface area contributed by atoms with Crippen molar-refractivity contribution in [1.82, 2.24) is 9.13 Å². The van der Waals surface area contributed by atoms with Crippen LogP contribution in [-0.2, 0) is 0 Å². The van der Waals surface area contributed by atoms with Crippen LogP contribution in [0.4, 0.5) is 0 Å². The minimum Gasteiger partial charge on any atom is -0.456 e. The molecule has 0 spiro atoms. The molecule has 0 amide bonds. The first-order valence-electron chi connectivity index (χ1n) is 19.5. The number of benzene rings is 9. The highest BCUT2D eigenvalue weighted by atomic mass is 16.3. The first-order valence-corrected chi connectivity index (χ1v) is 19.5. The van der Waals surface area contributed by atoms with Gasteiger partial charge >= 0.3 is 0 Å². The minimum absolute atomic E-state index is 0.892. The first kappa shape index (κ1) is 31.7. The van der Waals surface area contributed by atoms with Crippen LogP contribution in [0.2, 0.25) is 0 Å². The molecule has 0 aliphatic heterocycles. The van der Waals surface area contributed by atoms with E-state index in [4.69, 9.17) is 4.42 Å². The quantitative estimate of drug-likeness (QED) is 0.173. The van der Waals surface area contributed by atoms with Gasteiger partial charge in [0.2, 0.25) is 0 Å². The SMILES string of the molecule is c1ccc(-c2ccc(-n3c4ccccc4c4cc(-c5ccc6c(c5)c5cc7c(cc5n6-c5cccc(-c6ccccc6)c5)oc5ccccc57)ccc43)cc2)cc1. The number of rotatable bonds is 5. The average molecular weight is 727 g/mol. The number of para-hydroxylation sites is 2. The molecule has 0 saturated carbocycles. The van der Waals surface area contributed by atoms with E-state index in [-0.39, 0.29) is 0 Å². The van der Waals surface area contributed by atoms with Crippen LogP contribution in [0.5, 0.6) is 0 Å². The van der Waals surface area contributed by atoms with Crippen molar-refractivity contribution >= 4 is 65.6 Å². The van der Waals surface area contributed by atoms with Crippen molar-refractivity contribution in [3.63, 3.8) is 0 Å². The fourth-order valence-electron chi connectivity index (χ4n) is 9.01. The Morgan fingerprint density at radius 1 is 0.246 bits per heavy atom. The predicted octanol–water partition coefficient (Wildman–Crippen LogP) is 14.8. The molecule has 12 aromatic rings. The van der Waals surface area contributed by atoms with E-state index in [0.29, 0.717) is 0 Å². The summed E-state index contributed by atoms with van der Waals surface area (Å²) in [6.07, 6.45) is 0. The summed E-state index contributed by atoms with van der Waals surface area (Å²) < 4.78 is 11.2. The highest BCUT2D eigenvalue weighted by molar-refractivity contribution is 6.18. The second-order valence-electron chi connectivity index (χ2n) is 14.9. The molecule has 3 nitrogen and oxygen atoms in total. The smallest absolute Gasteiger partial charge is 0.137 e. The molecule has 0 aliphatic carbocycles. The van der Waals surface area contributed by atoms with Crippen molar-refractivity contribution in [2.24, 2.45) is 0 Å². The number of furan rings is 1. The van der Waals surface area contributed by atoms with Crippen molar-refractivity contribution in [2.75, 3.05) is 0 Å². The number of hydrogen-bond donors (Lipinski definition) is 0. The van der Waals surface area contributed by atoms with Crippen molar-refractivity contribution in [3.8, 4) is 44.8 Å². The highest BCUT2D eigenvalue weighted by Gasteiger charge is 2.19. The third kappa shape index (κ3) is 4.99. The summed E-state index contributed by atoms with van der Waals surface area (Å²) in [7, 11) is 0. The van der Waals surface area contributed by atoms with Gasteiger partial charge in [0, 0.05) is 49.8 Å². The second-order valence-corrected chi connectivity index (χ2v) is 14.9. The molecule has 0 N–H and O–H groups in total. The molecule has 57 heavy (non-hydrogen) atoms. The van der Waals surface area contributed by atoms with Gasteiger partial charge in [0.15, 0.2) is 0 Å². The standard InChI is InChI=1S/C54H34N2O/c1-3-12-35(13-4-1)37-22-26-41(27-23-37)55-49-20-9-7-18-43(49)45-31-39(24-28-50(45)55)40-25-29-51-46(32-40)47-33-48-44-19-8-10-21-53(44)57-54(48)34-52(47)56(51)42-17-11-16-38(30-42)36-14-5-2-6-15-36/h1-34H. The van der Waals surface area contributed by atoms with Crippen LogP contribution in [-0.4, -0.2) is 9.13 Å². The van der Waals surface area contributed by atoms with E-state index in [1.54, 1.807) is 0 Å². The second kappa shape index (κ2) is 12.5. The molecule has 9 aromatic carbocycles. The fraction of sp³-hybridized carbons (Fsp3) is 0. The molecule has 3 aromatic heterocycles. The van der Waals surface area contributed by atoms with Gasteiger partial charge in [-0.3, -0.25) is 0 Å². The lowest BCUT2D eigenvalue weighted by Crippen LogP contribution is -1.94. The van der Waals surface area contributed by atoms with Gasteiger partial charge in [0.25, 0.3) is 0 Å². The number of fused-ring (bicyclic) bond motifs is 9. The molecular formula is C54H34N2O. The number of aromatic nitrogens is 2. The van der Waals surface area contributed by atoms with Gasteiger partial charge in [0.05, 0.1) is 22.1 Å². The molecule has 0 aliphatic rings. The molecule has 0 saturated heterocycles. The predicted molar refractivity (Wildman–Crippen MR) is 239 cm³/mol. The van der Waals surface area contributed by atoms with Gasteiger partial charge in [-0.1, -0.05) is 133 Å². The van der Waals surface area contributed by atoms with Crippen LogP contribution in [0.15, 0.2) is 211 Å². The van der Waals surface area contributed by atoms with E-state index < -0.39 is 0 Å². The molecular weight excluding hydrogens is 693 g/mol. The highest BCUT2D eigenvalue weighted by Crippen LogP contribution is 2.41. The molecule has 12 rings (SSSR count). The van der Waals surface area contributed by atoms with Crippen LogP contribution in [0.3, 0.4) is 0 Å². The van der Waals surface area contributed by atoms with E-state index in [1.807, 2.05) is 6.07 Å². The molecule has 0 unspecified atom stereocenters. The van der Waals surface area contributed by atoms with E-state index >= 15 is 0 Å². The lowest BCUT2D eigenvalue weighted by molar-refractivity contribution is 0.669. The summed E-state index contributed by atoms with van der Waals surface area (Å²) in [6, 6.07) is 74.5. The van der Waals surface area contributed by atoms with Crippen molar-refractivity contribution < 1.29 is 4.42 Å². The Morgan fingerprint density at radius 3 is 1.49 bits per heavy atom. The van der Waals surface area contributed by atoms with Gasteiger partial charge in [-0.05, 0) is 100 Å². The van der Waals surface area contributed by atoms with Crippen LogP contribution in [0.25, 0.3) is 110 Å². The summed E-state index contributed by atoms with van der Waals surface area (Å²) in [5.41, 5.74) is 15.9. The van der Waals surface area contributed by atoms with Crippen molar-refractivity contribution in [2.45, 2.75) is 0 Å². The topological polar surface area (TPSA) is 23.0 Å². The lowest BCUT2D eigenvalue weighted by Gasteiger charge is -2.11. The zero-order valence-electron chi connectivity index (χ0n) is 30.9. The molecule has 3 heteroatoms. The minimum atomic E-state index is 0.892. The summed E-state index contributed by atoms with van der Waals surface area (Å²) in [5, 5.41) is 7.16. The number of nitrogens with zero attached hydrogens (tertiary/aromatic N) is 2. The fourth-order valence-corrected chi connectivity index (χ4v) is 9.01. The Hall–Kier alpha value is -7.62. The van der Waals surface area contributed by atoms with Gasteiger partial charge < -0.3 is 13.6 Å². The van der Waals surface area contributed by atoms with Gasteiger partial charge in [-0.15, -0.1) is 0 Å². The molecule has 0 bridgehead atoms. The zero-order chi connectivity index (χ0) is 37.5. The van der Waals surface area contributed by atoms with Gasteiger partial charge in [-0.2, -0.15) is 0 Å². The average Bonchev–Trinajstić information content (AvgIpc) is 3.93. The molecule has 0 atom stereocenters. The number of hydrogen-bond acceptors (Lipinski definition) is 1. The van der Waals surface area contributed by atoms with Crippen molar-refractivity contribution in [3.05, 3.63) is 206 Å². The summed E-state index contributed by atoms with van der Waals surface area (Å²) in [5.74, 6) is 0. The molecule has 0 fully saturated rings. The van der Waals surface area contributed by atoms with Gasteiger partial charge in [0.1, 0.15) is 11.2 Å². The summed E-state index contributed by atoms with van der Waals surface area (Å²) in [6.45, 7) is 0. The van der Waals surface area contributed by atoms with E-state index in [1.165, 1.54) is 66.0 Å². The van der Waals surface area contributed by atoms with Gasteiger partial charge in [-0.25, -0.2) is 0 Å². The normalized spacial score (nSPS) is 11.9. The lowest BCUT2D eigenvalue weighted by atomic mass is 10.00. The Balaban J connectivity index is 1.05. The first-order chi connectivity index (χ1) is 28.2. The molecule has 266 valence electrons. The van der Waals surface area contributed by atoms with Crippen LogP contribution in [0.1, 0.15) is 0 Å². The summed E-state index contributed by atoms with van der Waals surface area (Å²) in [4.78, 5) is 0. The van der Waals surface area contributed by atoms with E-state index in [0.717, 1.165) is 44.3 Å². The Kier molecular flexibility index (Phi) is 6.93. The zero-order valence-corrected chi connectivity index (χ0v) is 30.9. The Bertz CT molecular complexity index is 3490. The Labute approximate surface area is 328 Å². The Morgan fingerprint density at radius 2 is 0.754 bits per heavy atom. The monoisotopic (exact) mass is 726 g/mol. The largest absolute Gasteiger partial charge is 0.456 e. The third-order valence-corrected chi connectivity index (χ3v) is 11.7. The van der Waals surface area contributed by atoms with Crippen LogP contribution < -0.4 is 0 Å². The summed E-state index contributed by atoms with van der Waals surface area (Å²) >= 11 is 0. The van der Waals surface area contributed by atoms with Crippen LogP contribution >= 0.6 is 0 Å². The van der Waals surface area contributed by atoms with Crippen LogP contribution in [0, 0.1) is 0 Å². The van der Waals surface area contributed by atoms with E-state index in [2.05, 4.69) is 209 Å². The third-order valence-electron chi connectivity index (χ3n) is 11.7.